The molecule has 0 spiro atoms. The van der Waals surface area contributed by atoms with Gasteiger partial charge in [-0.25, -0.2) is 0 Å². The molecule has 0 aromatic heterocycles. The zero-order chi connectivity index (χ0) is 9.03. The van der Waals surface area contributed by atoms with Crippen molar-refractivity contribution in [3.63, 3.8) is 0 Å². The van der Waals surface area contributed by atoms with Gasteiger partial charge in [-0.3, -0.25) is 0 Å². The van der Waals surface area contributed by atoms with Crippen LogP contribution in [0.1, 0.15) is 32.6 Å². The van der Waals surface area contributed by atoms with E-state index in [4.69, 9.17) is 0 Å². The number of hydrogen-bond acceptors (Lipinski definition) is 1. The van der Waals surface area contributed by atoms with E-state index in [-0.39, 0.29) is 5.41 Å². The third-order valence-electron chi connectivity index (χ3n) is 2.85. The summed E-state index contributed by atoms with van der Waals surface area (Å²) in [6, 6.07) is 0. The molecule has 0 amide bonds. The van der Waals surface area contributed by atoms with Crippen LogP contribution in [0.3, 0.4) is 0 Å². The highest BCUT2D eigenvalue weighted by atomic mass is 16.3. The van der Waals surface area contributed by atoms with Crippen LogP contribution in [0, 0.1) is 5.41 Å². The fraction of sp³-hybridized carbons (Fsp3) is 0.636. The number of rotatable bonds is 3. The van der Waals surface area contributed by atoms with Crippen molar-refractivity contribution in [3.8, 4) is 0 Å². The van der Waals surface area contributed by atoms with Crippen molar-refractivity contribution in [3.05, 3.63) is 24.3 Å². The standard InChI is InChI=1S/C11H18O/c1-3-6-11(9-12)7-4-10(2)5-8-11/h3-4,12H,1,5-9H2,2H3. The Kier molecular flexibility index (Phi) is 3.10. The van der Waals surface area contributed by atoms with Gasteiger partial charge in [-0.15, -0.1) is 6.58 Å². The van der Waals surface area contributed by atoms with Gasteiger partial charge in [0.15, 0.2) is 0 Å². The predicted octanol–water partition coefficient (Wildman–Crippen LogP) is 2.67. The van der Waals surface area contributed by atoms with Crippen molar-refractivity contribution in [2.24, 2.45) is 5.41 Å². The van der Waals surface area contributed by atoms with Gasteiger partial charge in [-0.2, -0.15) is 0 Å². The van der Waals surface area contributed by atoms with Crippen LogP contribution >= 0.6 is 0 Å². The molecule has 1 atom stereocenters. The van der Waals surface area contributed by atoms with E-state index in [1.807, 2.05) is 6.08 Å². The highest BCUT2D eigenvalue weighted by molar-refractivity contribution is 5.08. The van der Waals surface area contributed by atoms with Crippen molar-refractivity contribution in [2.45, 2.75) is 32.6 Å². The van der Waals surface area contributed by atoms with E-state index in [1.165, 1.54) is 5.57 Å². The lowest BCUT2D eigenvalue weighted by Crippen LogP contribution is -2.26. The van der Waals surface area contributed by atoms with Gasteiger partial charge >= 0.3 is 0 Å². The minimum Gasteiger partial charge on any atom is -0.396 e. The van der Waals surface area contributed by atoms with Gasteiger partial charge in [-0.05, 0) is 32.6 Å². The Morgan fingerprint density at radius 2 is 2.50 bits per heavy atom. The summed E-state index contributed by atoms with van der Waals surface area (Å²) in [5.74, 6) is 0. The third kappa shape index (κ3) is 1.98. The number of allylic oxidation sites excluding steroid dienone is 3. The summed E-state index contributed by atoms with van der Waals surface area (Å²) < 4.78 is 0. The minimum atomic E-state index is 0.112. The number of aliphatic hydroxyl groups excluding tert-OH is 1. The highest BCUT2D eigenvalue weighted by Gasteiger charge is 2.28. The fourth-order valence-corrected chi connectivity index (χ4v) is 1.76. The molecular weight excluding hydrogens is 148 g/mol. The molecule has 0 aromatic carbocycles. The maximum absolute atomic E-state index is 9.28. The normalized spacial score (nSPS) is 29.7. The van der Waals surface area contributed by atoms with E-state index in [0.29, 0.717) is 6.61 Å². The van der Waals surface area contributed by atoms with Crippen molar-refractivity contribution in [1.29, 1.82) is 0 Å². The van der Waals surface area contributed by atoms with E-state index in [0.717, 1.165) is 25.7 Å². The van der Waals surface area contributed by atoms with E-state index in [1.54, 1.807) is 0 Å². The first-order chi connectivity index (χ1) is 5.72. The van der Waals surface area contributed by atoms with Gasteiger partial charge < -0.3 is 5.11 Å². The van der Waals surface area contributed by atoms with Crippen LogP contribution in [0.15, 0.2) is 24.3 Å². The molecule has 0 aromatic rings. The topological polar surface area (TPSA) is 20.2 Å². The monoisotopic (exact) mass is 166 g/mol. The largest absolute Gasteiger partial charge is 0.396 e. The number of hydrogen-bond donors (Lipinski definition) is 1. The average Bonchev–Trinajstić information content (AvgIpc) is 2.10. The smallest absolute Gasteiger partial charge is 0.0493 e. The van der Waals surface area contributed by atoms with Gasteiger partial charge in [0.05, 0.1) is 0 Å². The third-order valence-corrected chi connectivity index (χ3v) is 2.85. The van der Waals surface area contributed by atoms with Crippen LogP contribution in [0.25, 0.3) is 0 Å². The lowest BCUT2D eigenvalue weighted by Gasteiger charge is -2.33. The fourth-order valence-electron chi connectivity index (χ4n) is 1.76. The SMILES string of the molecule is C=CCC1(CO)CC=C(C)CC1. The molecule has 0 heterocycles. The van der Waals surface area contributed by atoms with Gasteiger partial charge in [0.1, 0.15) is 0 Å². The predicted molar refractivity (Wildman–Crippen MR) is 51.9 cm³/mol. The zero-order valence-corrected chi connectivity index (χ0v) is 7.84. The molecule has 1 nitrogen and oxygen atoms in total. The van der Waals surface area contributed by atoms with Crippen molar-refractivity contribution in [2.75, 3.05) is 6.61 Å². The molecule has 0 aliphatic heterocycles. The van der Waals surface area contributed by atoms with Crippen LogP contribution < -0.4 is 0 Å². The molecule has 1 aliphatic carbocycles. The number of aliphatic hydroxyl groups is 1. The van der Waals surface area contributed by atoms with E-state index < -0.39 is 0 Å². The Labute approximate surface area is 74.8 Å². The Hall–Kier alpha value is -0.560. The molecular formula is C11H18O. The second-order valence-corrected chi connectivity index (χ2v) is 3.91. The van der Waals surface area contributed by atoms with Crippen LogP contribution in [0.2, 0.25) is 0 Å². The van der Waals surface area contributed by atoms with Crippen LogP contribution in [-0.4, -0.2) is 11.7 Å². The molecule has 1 rings (SSSR count). The second kappa shape index (κ2) is 3.90. The minimum absolute atomic E-state index is 0.112. The lowest BCUT2D eigenvalue weighted by molar-refractivity contribution is 0.115. The van der Waals surface area contributed by atoms with Gasteiger partial charge in [-0.1, -0.05) is 17.7 Å². The second-order valence-electron chi connectivity index (χ2n) is 3.91. The first kappa shape index (κ1) is 9.53. The maximum Gasteiger partial charge on any atom is 0.0493 e. The van der Waals surface area contributed by atoms with Crippen molar-refractivity contribution >= 4 is 0 Å². The maximum atomic E-state index is 9.28. The molecule has 0 fully saturated rings. The highest BCUT2D eigenvalue weighted by Crippen LogP contribution is 2.37. The Balaban J connectivity index is 2.63. The molecule has 0 bridgehead atoms. The van der Waals surface area contributed by atoms with Crippen LogP contribution in [0.5, 0.6) is 0 Å². The molecule has 1 aliphatic rings. The molecule has 1 heteroatoms. The molecule has 0 radical (unpaired) electrons. The van der Waals surface area contributed by atoms with E-state index in [9.17, 15) is 5.11 Å². The molecule has 1 N–H and O–H groups in total. The molecule has 68 valence electrons. The van der Waals surface area contributed by atoms with E-state index in [2.05, 4.69) is 19.6 Å². The molecule has 0 saturated carbocycles. The summed E-state index contributed by atoms with van der Waals surface area (Å²) in [5, 5.41) is 9.28. The summed E-state index contributed by atoms with van der Waals surface area (Å²) in [6.45, 7) is 6.19. The summed E-state index contributed by atoms with van der Waals surface area (Å²) in [4.78, 5) is 0. The summed E-state index contributed by atoms with van der Waals surface area (Å²) in [6.07, 6.45) is 8.37. The van der Waals surface area contributed by atoms with Crippen molar-refractivity contribution < 1.29 is 5.11 Å². The zero-order valence-electron chi connectivity index (χ0n) is 7.84. The first-order valence-corrected chi connectivity index (χ1v) is 4.60. The quantitative estimate of drug-likeness (QED) is 0.639. The summed E-state index contributed by atoms with van der Waals surface area (Å²) in [7, 11) is 0. The van der Waals surface area contributed by atoms with Crippen LogP contribution in [-0.2, 0) is 0 Å². The average molecular weight is 166 g/mol. The van der Waals surface area contributed by atoms with Crippen molar-refractivity contribution in [1.82, 2.24) is 0 Å². The van der Waals surface area contributed by atoms with E-state index >= 15 is 0 Å². The summed E-state index contributed by atoms with van der Waals surface area (Å²) in [5.41, 5.74) is 1.57. The Bertz CT molecular complexity index is 193. The summed E-state index contributed by atoms with van der Waals surface area (Å²) >= 11 is 0. The van der Waals surface area contributed by atoms with Gasteiger partial charge in [0.2, 0.25) is 0 Å². The van der Waals surface area contributed by atoms with Gasteiger partial charge in [0, 0.05) is 12.0 Å². The van der Waals surface area contributed by atoms with Gasteiger partial charge in [0.25, 0.3) is 0 Å². The molecule has 1 unspecified atom stereocenters. The lowest BCUT2D eigenvalue weighted by atomic mass is 9.73. The Morgan fingerprint density at radius 3 is 2.92 bits per heavy atom. The molecule has 0 saturated heterocycles. The van der Waals surface area contributed by atoms with Crippen LogP contribution in [0.4, 0.5) is 0 Å². The molecule has 12 heavy (non-hydrogen) atoms. The first-order valence-electron chi connectivity index (χ1n) is 4.60. The Morgan fingerprint density at radius 1 is 1.75 bits per heavy atom.